The molecule has 118 valence electrons. The molecule has 5 nitrogen and oxygen atoms in total. The van der Waals surface area contributed by atoms with Crippen LogP contribution in [0.15, 0.2) is 0 Å². The second kappa shape index (κ2) is 6.87. The van der Waals surface area contributed by atoms with Crippen LogP contribution in [0, 0.1) is 0 Å². The number of likely N-dealkylation sites (N-methyl/N-ethyl adjacent to an activating group) is 2. The number of carboxylic acid groups (broad SMARTS) is 1. The van der Waals surface area contributed by atoms with Crippen molar-refractivity contribution in [3.05, 3.63) is 0 Å². The van der Waals surface area contributed by atoms with Gasteiger partial charge in [-0.15, -0.1) is 0 Å². The Balaban J connectivity index is 2.30. The second-order valence-corrected chi connectivity index (χ2v) is 6.85. The number of piperazine rings is 1. The van der Waals surface area contributed by atoms with Gasteiger partial charge in [-0.2, -0.15) is 0 Å². The molecular weight excluding hydrogens is 254 g/mol. The van der Waals surface area contributed by atoms with E-state index in [9.17, 15) is 9.90 Å². The van der Waals surface area contributed by atoms with E-state index in [4.69, 9.17) is 0 Å². The zero-order chi connectivity index (χ0) is 15.4. The average Bonchev–Trinajstić information content (AvgIpc) is 2.38. The maximum Gasteiger partial charge on any atom is 0.323 e. The van der Waals surface area contributed by atoms with Crippen molar-refractivity contribution in [2.24, 2.45) is 0 Å². The van der Waals surface area contributed by atoms with Crippen LogP contribution in [-0.2, 0) is 4.79 Å². The summed E-state index contributed by atoms with van der Waals surface area (Å²) in [7, 11) is 3.90. The van der Waals surface area contributed by atoms with Gasteiger partial charge >= 0.3 is 5.97 Å². The number of nitrogens with zero attached hydrogens (tertiary/aromatic N) is 2. The summed E-state index contributed by atoms with van der Waals surface area (Å²) in [6.45, 7) is 10.7. The van der Waals surface area contributed by atoms with Gasteiger partial charge in [0, 0.05) is 25.2 Å². The molecule has 1 fully saturated rings. The minimum absolute atomic E-state index is 0.235. The summed E-state index contributed by atoms with van der Waals surface area (Å²) in [5, 5.41) is 12.1. The Kier molecular flexibility index (Phi) is 5.98. The first-order valence-electron chi connectivity index (χ1n) is 7.57. The third-order valence-electron chi connectivity index (χ3n) is 4.82. The predicted octanol–water partition coefficient (Wildman–Crippen LogP) is 1.25. The summed E-state index contributed by atoms with van der Waals surface area (Å²) in [6, 6.07) is 0. The summed E-state index contributed by atoms with van der Waals surface area (Å²) >= 11 is 0. The van der Waals surface area contributed by atoms with Crippen molar-refractivity contribution in [3.8, 4) is 0 Å². The van der Waals surface area contributed by atoms with Gasteiger partial charge in [0.15, 0.2) is 0 Å². The quantitative estimate of drug-likeness (QED) is 0.689. The van der Waals surface area contributed by atoms with E-state index < -0.39 is 11.5 Å². The van der Waals surface area contributed by atoms with E-state index in [1.54, 1.807) is 14.0 Å². The molecule has 0 aromatic carbocycles. The molecule has 1 saturated heterocycles. The van der Waals surface area contributed by atoms with Crippen molar-refractivity contribution in [1.29, 1.82) is 0 Å². The molecule has 5 heteroatoms. The van der Waals surface area contributed by atoms with Crippen molar-refractivity contribution in [1.82, 2.24) is 15.1 Å². The first-order valence-corrected chi connectivity index (χ1v) is 7.57. The molecule has 0 aromatic heterocycles. The van der Waals surface area contributed by atoms with Gasteiger partial charge < -0.3 is 15.3 Å². The number of carboxylic acids is 1. The van der Waals surface area contributed by atoms with Crippen LogP contribution >= 0.6 is 0 Å². The highest BCUT2D eigenvalue weighted by atomic mass is 16.4. The fraction of sp³-hybridized carbons (Fsp3) is 0.933. The molecule has 0 amide bonds. The lowest BCUT2D eigenvalue weighted by atomic mass is 9.94. The molecule has 0 aromatic rings. The topological polar surface area (TPSA) is 55.8 Å². The Bertz CT molecular complexity index is 333. The second-order valence-electron chi connectivity index (χ2n) is 6.85. The van der Waals surface area contributed by atoms with Crippen molar-refractivity contribution >= 4 is 5.97 Å². The highest BCUT2D eigenvalue weighted by Gasteiger charge is 2.32. The van der Waals surface area contributed by atoms with Gasteiger partial charge in [-0.3, -0.25) is 9.69 Å². The van der Waals surface area contributed by atoms with Gasteiger partial charge in [0.2, 0.25) is 0 Å². The molecule has 1 heterocycles. The summed E-state index contributed by atoms with van der Waals surface area (Å²) in [6.07, 6.45) is 2.68. The molecule has 0 saturated carbocycles. The summed E-state index contributed by atoms with van der Waals surface area (Å²) in [5.41, 5.74) is -0.555. The van der Waals surface area contributed by atoms with E-state index in [0.717, 1.165) is 39.0 Å². The van der Waals surface area contributed by atoms with Crippen LogP contribution in [0.25, 0.3) is 0 Å². The number of nitrogens with one attached hydrogen (secondary N) is 1. The lowest BCUT2D eigenvalue weighted by Crippen LogP contribution is -2.57. The molecule has 0 aliphatic carbocycles. The van der Waals surface area contributed by atoms with Crippen LogP contribution in [0.5, 0.6) is 0 Å². The van der Waals surface area contributed by atoms with Crippen LogP contribution in [0.4, 0.5) is 0 Å². The molecular formula is C15H31N3O2. The monoisotopic (exact) mass is 285 g/mol. The van der Waals surface area contributed by atoms with E-state index >= 15 is 0 Å². The Morgan fingerprint density at radius 1 is 1.35 bits per heavy atom. The van der Waals surface area contributed by atoms with Crippen LogP contribution < -0.4 is 5.32 Å². The van der Waals surface area contributed by atoms with Crippen molar-refractivity contribution in [3.63, 3.8) is 0 Å². The molecule has 2 N–H and O–H groups in total. The molecule has 1 unspecified atom stereocenters. The van der Waals surface area contributed by atoms with Gasteiger partial charge in [0.25, 0.3) is 0 Å². The van der Waals surface area contributed by atoms with E-state index in [1.807, 2.05) is 0 Å². The number of hydrogen-bond acceptors (Lipinski definition) is 4. The van der Waals surface area contributed by atoms with E-state index in [1.165, 1.54) is 0 Å². The molecule has 0 spiro atoms. The number of hydrogen-bond donors (Lipinski definition) is 2. The highest BCUT2D eigenvalue weighted by Crippen LogP contribution is 2.20. The van der Waals surface area contributed by atoms with Crippen LogP contribution in [0.1, 0.15) is 40.0 Å². The van der Waals surface area contributed by atoms with Gasteiger partial charge in [-0.05, 0) is 60.7 Å². The van der Waals surface area contributed by atoms with E-state index in [0.29, 0.717) is 6.42 Å². The molecule has 1 atom stereocenters. The van der Waals surface area contributed by atoms with Gasteiger partial charge in [-0.1, -0.05) is 0 Å². The zero-order valence-corrected chi connectivity index (χ0v) is 13.7. The molecule has 20 heavy (non-hydrogen) atoms. The lowest BCUT2D eigenvalue weighted by molar-refractivity contribution is -0.144. The Hall–Kier alpha value is -0.650. The van der Waals surface area contributed by atoms with Crippen molar-refractivity contribution in [2.75, 3.05) is 40.3 Å². The van der Waals surface area contributed by atoms with Gasteiger partial charge in [0.1, 0.15) is 5.54 Å². The molecule has 0 radical (unpaired) electrons. The number of carbonyl (C=O) groups is 1. The number of aliphatic carboxylic acids is 1. The summed E-state index contributed by atoms with van der Waals surface area (Å²) in [5.74, 6) is -0.763. The normalized spacial score (nSPS) is 23.4. The van der Waals surface area contributed by atoms with Gasteiger partial charge in [0.05, 0.1) is 0 Å². The largest absolute Gasteiger partial charge is 0.480 e. The highest BCUT2D eigenvalue weighted by molar-refractivity contribution is 5.78. The minimum atomic E-state index is -0.790. The smallest absolute Gasteiger partial charge is 0.323 e. The number of rotatable bonds is 7. The Morgan fingerprint density at radius 3 is 2.50 bits per heavy atom. The zero-order valence-electron chi connectivity index (χ0n) is 13.7. The van der Waals surface area contributed by atoms with Crippen molar-refractivity contribution in [2.45, 2.75) is 51.1 Å². The predicted molar refractivity (Wildman–Crippen MR) is 82.1 cm³/mol. The first-order chi connectivity index (χ1) is 9.21. The maximum absolute atomic E-state index is 11.2. The van der Waals surface area contributed by atoms with Gasteiger partial charge in [-0.25, -0.2) is 0 Å². The maximum atomic E-state index is 11.2. The Labute approximate surface area is 123 Å². The third-order valence-corrected chi connectivity index (χ3v) is 4.82. The molecule has 1 aliphatic heterocycles. The first kappa shape index (κ1) is 17.4. The van der Waals surface area contributed by atoms with Crippen molar-refractivity contribution < 1.29 is 9.90 Å². The van der Waals surface area contributed by atoms with Crippen LogP contribution in [0.3, 0.4) is 0 Å². The molecule has 1 aliphatic rings. The van der Waals surface area contributed by atoms with E-state index in [-0.39, 0.29) is 5.54 Å². The molecule has 1 rings (SSSR count). The van der Waals surface area contributed by atoms with Crippen LogP contribution in [-0.4, -0.2) is 72.2 Å². The fourth-order valence-electron chi connectivity index (χ4n) is 2.68. The lowest BCUT2D eigenvalue weighted by Gasteiger charge is -2.45. The number of unbranched alkanes of at least 4 members (excludes halogenated alkanes) is 1. The Morgan fingerprint density at radius 2 is 2.00 bits per heavy atom. The minimum Gasteiger partial charge on any atom is -0.480 e. The standard InChI is InChI=1S/C15H31N3O2/c1-14(2)12-18(11-10-17(14)5)9-7-6-8-15(3,16-4)13(19)20/h16H,6-12H2,1-5H3,(H,19,20). The van der Waals surface area contributed by atoms with Crippen LogP contribution in [0.2, 0.25) is 0 Å². The third kappa shape index (κ3) is 4.43. The summed E-state index contributed by atoms with van der Waals surface area (Å²) < 4.78 is 0. The average molecular weight is 285 g/mol. The fourth-order valence-corrected chi connectivity index (χ4v) is 2.68. The van der Waals surface area contributed by atoms with E-state index in [2.05, 4.69) is 36.0 Å². The molecule has 0 bridgehead atoms. The SMILES string of the molecule is CNC(C)(CCCCN1CCN(C)C(C)(C)C1)C(=O)O. The summed E-state index contributed by atoms with van der Waals surface area (Å²) in [4.78, 5) is 16.1.